The molecule has 2 aromatic carbocycles. The number of carbonyl (C=O) groups is 2. The summed E-state index contributed by atoms with van der Waals surface area (Å²) in [5.74, 6) is -1.51. The van der Waals surface area contributed by atoms with Gasteiger partial charge in [0, 0.05) is 11.3 Å². The zero-order valence-corrected chi connectivity index (χ0v) is 21.0. The minimum absolute atomic E-state index is 0.0558. The van der Waals surface area contributed by atoms with Gasteiger partial charge in [-0.05, 0) is 74.1 Å². The number of nitrogens with zero attached hydrogens (tertiary/aromatic N) is 3. The van der Waals surface area contributed by atoms with E-state index in [1.165, 1.54) is 30.6 Å². The van der Waals surface area contributed by atoms with Gasteiger partial charge in [-0.1, -0.05) is 12.1 Å². The van der Waals surface area contributed by atoms with Gasteiger partial charge in [0.05, 0.1) is 18.7 Å². The number of ether oxygens (including phenoxy) is 1. The van der Waals surface area contributed by atoms with Gasteiger partial charge in [0.1, 0.15) is 29.8 Å². The van der Waals surface area contributed by atoms with Crippen molar-refractivity contribution in [2.24, 2.45) is 0 Å². The molecular weight excluding hydrogens is 492 g/mol. The number of nitrogens with two attached hydrogens (primary N) is 1. The Kier molecular flexibility index (Phi) is 6.79. The second-order valence-electron chi connectivity index (χ2n) is 9.51. The molecule has 1 saturated carbocycles. The number of nitrogen functional groups attached to an aromatic ring is 1. The molecule has 0 bridgehead atoms. The van der Waals surface area contributed by atoms with Crippen LogP contribution in [0.25, 0.3) is 11.3 Å². The molecule has 1 aliphatic heterocycles. The minimum atomic E-state index is -0.691. The van der Waals surface area contributed by atoms with Crippen LogP contribution in [0.15, 0.2) is 48.8 Å². The molecule has 3 N–H and O–H groups in total. The molecule has 2 fully saturated rings. The molecule has 0 radical (unpaired) electrons. The van der Waals surface area contributed by atoms with Crippen molar-refractivity contribution in [1.82, 2.24) is 14.9 Å². The first-order valence-corrected chi connectivity index (χ1v) is 12.3. The number of likely N-dealkylation sites (tertiary alicyclic amines) is 1. The lowest BCUT2D eigenvalue weighted by atomic mass is 10.0. The fourth-order valence-electron chi connectivity index (χ4n) is 4.43. The van der Waals surface area contributed by atoms with Crippen LogP contribution < -0.4 is 15.8 Å². The molecular formula is C28H27F2N5O3. The predicted octanol–water partition coefficient (Wildman–Crippen LogP) is 4.61. The van der Waals surface area contributed by atoms with Gasteiger partial charge >= 0.3 is 0 Å². The number of benzene rings is 2. The van der Waals surface area contributed by atoms with Crippen molar-refractivity contribution in [3.63, 3.8) is 0 Å². The molecule has 0 atom stereocenters. The third-order valence-corrected chi connectivity index (χ3v) is 6.75. The Morgan fingerprint density at radius 1 is 1.16 bits per heavy atom. The van der Waals surface area contributed by atoms with Crippen molar-refractivity contribution in [3.05, 3.63) is 77.1 Å². The van der Waals surface area contributed by atoms with E-state index in [1.54, 1.807) is 30.9 Å². The second kappa shape index (κ2) is 10.2. The average molecular weight is 520 g/mol. The van der Waals surface area contributed by atoms with Crippen LogP contribution in [0.4, 0.5) is 20.3 Å². The van der Waals surface area contributed by atoms with Gasteiger partial charge in [0.25, 0.3) is 5.91 Å². The van der Waals surface area contributed by atoms with Crippen LogP contribution in [0, 0.1) is 18.6 Å². The predicted molar refractivity (Wildman–Crippen MR) is 139 cm³/mol. The first kappa shape index (κ1) is 25.3. The summed E-state index contributed by atoms with van der Waals surface area (Å²) < 4.78 is 35.5. The van der Waals surface area contributed by atoms with Gasteiger partial charge in [-0.2, -0.15) is 0 Å². The van der Waals surface area contributed by atoms with Crippen LogP contribution in [0.2, 0.25) is 0 Å². The smallest absolute Gasteiger partial charge is 0.258 e. The summed E-state index contributed by atoms with van der Waals surface area (Å²) in [5.41, 5.74) is 8.05. The summed E-state index contributed by atoms with van der Waals surface area (Å²) >= 11 is 0. The molecule has 2 amide bonds. The highest BCUT2D eigenvalue weighted by atomic mass is 19.1. The zero-order valence-electron chi connectivity index (χ0n) is 21.0. The number of carbonyl (C=O) groups excluding carboxylic acids is 2. The molecule has 0 unspecified atom stereocenters. The number of allylic oxidation sites excluding steroid dienone is 1. The summed E-state index contributed by atoms with van der Waals surface area (Å²) in [4.78, 5) is 34.8. The van der Waals surface area contributed by atoms with Gasteiger partial charge in [-0.25, -0.2) is 18.7 Å². The standard InChI is InChI=1S/C28H27F2N5O3/c1-3-4-24(36)35-12-19(13-35)38-26-25(32-14-33-27(26)31)21-10-18(29)11-23(15(21)2)34-28(37)20-8-7-17(9-22(20)30)16-5-6-16/h3-4,7-11,14,16,19H,5-6,12-13H2,1-2H3,(H,34,37)(H2,31,32,33)/b4-3+. The third-order valence-electron chi connectivity index (χ3n) is 6.75. The van der Waals surface area contributed by atoms with Crippen molar-refractivity contribution in [1.29, 1.82) is 0 Å². The quantitative estimate of drug-likeness (QED) is 0.441. The Balaban J connectivity index is 1.40. The van der Waals surface area contributed by atoms with Gasteiger partial charge < -0.3 is 20.7 Å². The minimum Gasteiger partial charge on any atom is -0.481 e. The lowest BCUT2D eigenvalue weighted by Gasteiger charge is -2.38. The first-order chi connectivity index (χ1) is 18.2. The largest absolute Gasteiger partial charge is 0.481 e. The Hall–Kier alpha value is -4.34. The van der Waals surface area contributed by atoms with E-state index in [4.69, 9.17) is 10.5 Å². The number of hydrogen-bond donors (Lipinski definition) is 2. The molecule has 5 rings (SSSR count). The number of hydrogen-bond acceptors (Lipinski definition) is 6. The summed E-state index contributed by atoms with van der Waals surface area (Å²) in [6.45, 7) is 4.15. The van der Waals surface area contributed by atoms with E-state index in [0.29, 0.717) is 30.1 Å². The van der Waals surface area contributed by atoms with Gasteiger partial charge in [0.15, 0.2) is 11.6 Å². The van der Waals surface area contributed by atoms with Crippen LogP contribution in [0.1, 0.15) is 47.2 Å². The summed E-state index contributed by atoms with van der Waals surface area (Å²) in [6.07, 6.45) is 6.07. The highest BCUT2D eigenvalue weighted by molar-refractivity contribution is 6.05. The molecule has 8 nitrogen and oxygen atoms in total. The van der Waals surface area contributed by atoms with Crippen molar-refractivity contribution < 1.29 is 23.1 Å². The van der Waals surface area contributed by atoms with Gasteiger partial charge in [0.2, 0.25) is 5.91 Å². The number of halogens is 2. The van der Waals surface area contributed by atoms with Crippen molar-refractivity contribution in [2.75, 3.05) is 24.1 Å². The number of amides is 2. The van der Waals surface area contributed by atoms with E-state index in [0.717, 1.165) is 24.5 Å². The normalized spacial score (nSPS) is 15.4. The maximum atomic E-state index is 14.8. The van der Waals surface area contributed by atoms with Crippen LogP contribution in [0.5, 0.6) is 5.75 Å². The van der Waals surface area contributed by atoms with E-state index in [-0.39, 0.29) is 40.5 Å². The summed E-state index contributed by atoms with van der Waals surface area (Å²) in [6, 6.07) is 7.01. The van der Waals surface area contributed by atoms with Gasteiger partial charge in [-0.3, -0.25) is 9.59 Å². The lowest BCUT2D eigenvalue weighted by Crippen LogP contribution is -2.55. The van der Waals surface area contributed by atoms with E-state index in [9.17, 15) is 18.4 Å². The number of rotatable bonds is 7. The van der Waals surface area contributed by atoms with E-state index < -0.39 is 17.5 Å². The molecule has 38 heavy (non-hydrogen) atoms. The van der Waals surface area contributed by atoms with E-state index in [1.807, 2.05) is 0 Å². The number of anilines is 2. The maximum absolute atomic E-state index is 14.8. The Morgan fingerprint density at radius 3 is 2.61 bits per heavy atom. The van der Waals surface area contributed by atoms with Crippen LogP contribution >= 0.6 is 0 Å². The second-order valence-corrected chi connectivity index (χ2v) is 9.51. The maximum Gasteiger partial charge on any atom is 0.258 e. The third kappa shape index (κ3) is 5.06. The first-order valence-electron chi connectivity index (χ1n) is 12.3. The Bertz CT molecular complexity index is 1450. The number of nitrogens with one attached hydrogen (secondary N) is 1. The molecule has 3 aromatic rings. The molecule has 2 aliphatic rings. The van der Waals surface area contributed by atoms with Crippen molar-refractivity contribution >= 4 is 23.3 Å². The lowest BCUT2D eigenvalue weighted by molar-refractivity contribution is -0.134. The topological polar surface area (TPSA) is 110 Å². The molecule has 1 saturated heterocycles. The summed E-state index contributed by atoms with van der Waals surface area (Å²) in [7, 11) is 0. The SMILES string of the molecule is C/C=C/C(=O)N1CC(Oc2c(N)ncnc2-c2cc(F)cc(NC(=O)c3ccc(C4CC4)cc3F)c2C)C1. The molecule has 1 aromatic heterocycles. The molecule has 10 heteroatoms. The summed E-state index contributed by atoms with van der Waals surface area (Å²) in [5, 5.41) is 2.63. The fourth-order valence-corrected chi connectivity index (χ4v) is 4.43. The van der Waals surface area contributed by atoms with Crippen LogP contribution in [0.3, 0.4) is 0 Å². The molecule has 0 spiro atoms. The Morgan fingerprint density at radius 2 is 1.92 bits per heavy atom. The van der Waals surface area contributed by atoms with Crippen LogP contribution in [-0.2, 0) is 4.79 Å². The highest BCUT2D eigenvalue weighted by Crippen LogP contribution is 2.41. The van der Waals surface area contributed by atoms with E-state index >= 15 is 0 Å². The number of aromatic nitrogens is 2. The molecule has 2 heterocycles. The van der Waals surface area contributed by atoms with E-state index in [2.05, 4.69) is 15.3 Å². The molecule has 1 aliphatic carbocycles. The average Bonchev–Trinajstić information content (AvgIpc) is 3.69. The Labute approximate surface area is 218 Å². The molecule has 196 valence electrons. The van der Waals surface area contributed by atoms with Crippen molar-refractivity contribution in [3.8, 4) is 17.0 Å². The van der Waals surface area contributed by atoms with Gasteiger partial charge in [-0.15, -0.1) is 0 Å². The monoisotopic (exact) mass is 519 g/mol. The highest BCUT2D eigenvalue weighted by Gasteiger charge is 2.33. The van der Waals surface area contributed by atoms with Crippen molar-refractivity contribution in [2.45, 2.75) is 38.7 Å². The zero-order chi connectivity index (χ0) is 27.0. The fraction of sp³-hybridized carbons (Fsp3) is 0.286. The van der Waals surface area contributed by atoms with Crippen LogP contribution in [-0.4, -0.2) is 45.9 Å².